The van der Waals surface area contributed by atoms with Crippen molar-refractivity contribution in [2.75, 3.05) is 11.9 Å². The van der Waals surface area contributed by atoms with Crippen LogP contribution in [0.4, 0.5) is 20.2 Å². The average Bonchev–Trinajstić information content (AvgIpc) is 2.23. The largest absolute Gasteiger partial charge is 0.481 e. The third-order valence-electron chi connectivity index (χ3n) is 2.23. The third-order valence-corrected chi connectivity index (χ3v) is 2.23. The monoisotopic (exact) mass is 260 g/mol. The molecule has 0 saturated heterocycles. The molecule has 0 radical (unpaired) electrons. The summed E-state index contributed by atoms with van der Waals surface area (Å²) in [4.78, 5) is 20.2. The molecule has 98 valence electrons. The topological polar surface area (TPSA) is 92.5 Å². The molecule has 1 aromatic carbocycles. The first kappa shape index (κ1) is 13.8. The maximum Gasteiger partial charge on any atom is 0.327 e. The normalized spacial score (nSPS) is 11.9. The molecule has 0 fully saturated rings. The molecular formula is C10H10F2N2O4. The summed E-state index contributed by atoms with van der Waals surface area (Å²) in [5.74, 6) is -4.27. The summed E-state index contributed by atoms with van der Waals surface area (Å²) in [6.45, 7) is 1.18. The number of nitro groups is 1. The Morgan fingerprint density at radius 1 is 1.56 bits per heavy atom. The Bertz CT molecular complexity index is 493. The molecule has 8 heteroatoms. The number of nitrogens with zero attached hydrogens (tertiary/aromatic N) is 1. The molecule has 0 heterocycles. The van der Waals surface area contributed by atoms with Crippen LogP contribution in [-0.4, -0.2) is 22.5 Å². The number of anilines is 1. The number of hydrogen-bond acceptors (Lipinski definition) is 4. The predicted molar refractivity (Wildman–Crippen MR) is 58.3 cm³/mol. The Morgan fingerprint density at radius 2 is 2.17 bits per heavy atom. The number of rotatable bonds is 5. The van der Waals surface area contributed by atoms with Crippen LogP contribution in [-0.2, 0) is 4.79 Å². The highest BCUT2D eigenvalue weighted by Crippen LogP contribution is 2.28. The second kappa shape index (κ2) is 5.39. The van der Waals surface area contributed by atoms with E-state index in [9.17, 15) is 23.7 Å². The molecule has 1 unspecified atom stereocenters. The van der Waals surface area contributed by atoms with Gasteiger partial charge in [0.25, 0.3) is 0 Å². The first-order valence-corrected chi connectivity index (χ1v) is 4.93. The van der Waals surface area contributed by atoms with Gasteiger partial charge in [0.2, 0.25) is 5.82 Å². The summed E-state index contributed by atoms with van der Waals surface area (Å²) in [5, 5.41) is 21.6. The van der Waals surface area contributed by atoms with E-state index >= 15 is 0 Å². The minimum atomic E-state index is -1.31. The molecule has 0 aliphatic carbocycles. The van der Waals surface area contributed by atoms with Gasteiger partial charge in [-0.15, -0.1) is 0 Å². The van der Waals surface area contributed by atoms with Gasteiger partial charge in [-0.05, 0) is 0 Å². The van der Waals surface area contributed by atoms with E-state index in [1.54, 1.807) is 0 Å². The highest BCUT2D eigenvalue weighted by Gasteiger charge is 2.22. The van der Waals surface area contributed by atoms with Crippen molar-refractivity contribution < 1.29 is 23.6 Å². The van der Waals surface area contributed by atoms with Gasteiger partial charge in [-0.3, -0.25) is 14.9 Å². The number of benzene rings is 1. The van der Waals surface area contributed by atoms with Gasteiger partial charge >= 0.3 is 11.7 Å². The lowest BCUT2D eigenvalue weighted by Gasteiger charge is -2.10. The summed E-state index contributed by atoms with van der Waals surface area (Å²) in [5.41, 5.74) is -1.29. The molecule has 18 heavy (non-hydrogen) atoms. The fourth-order valence-electron chi connectivity index (χ4n) is 1.24. The lowest BCUT2D eigenvalue weighted by molar-refractivity contribution is -0.386. The van der Waals surface area contributed by atoms with Gasteiger partial charge in [0.1, 0.15) is 11.5 Å². The van der Waals surface area contributed by atoms with E-state index in [0.29, 0.717) is 6.07 Å². The van der Waals surface area contributed by atoms with E-state index < -0.39 is 34.1 Å². The Labute approximate surface area is 100 Å². The van der Waals surface area contributed by atoms with E-state index in [1.165, 1.54) is 6.92 Å². The number of carbonyl (C=O) groups is 1. The molecule has 0 aliphatic heterocycles. The van der Waals surface area contributed by atoms with Crippen LogP contribution in [0.25, 0.3) is 0 Å². The molecule has 1 rings (SSSR count). The van der Waals surface area contributed by atoms with E-state index in [0.717, 1.165) is 6.07 Å². The maximum atomic E-state index is 13.2. The Balaban J connectivity index is 3.00. The predicted octanol–water partition coefficient (Wildman–Crippen LogP) is 2.01. The summed E-state index contributed by atoms with van der Waals surface area (Å²) >= 11 is 0. The molecule has 0 spiro atoms. The van der Waals surface area contributed by atoms with Crippen molar-refractivity contribution in [3.63, 3.8) is 0 Å². The van der Waals surface area contributed by atoms with Crippen LogP contribution >= 0.6 is 0 Å². The summed E-state index contributed by atoms with van der Waals surface area (Å²) < 4.78 is 26.1. The number of halogens is 2. The van der Waals surface area contributed by atoms with Gasteiger partial charge in [-0.25, -0.2) is 4.39 Å². The fourth-order valence-corrected chi connectivity index (χ4v) is 1.24. The Morgan fingerprint density at radius 3 is 2.67 bits per heavy atom. The van der Waals surface area contributed by atoms with Crippen LogP contribution in [0.5, 0.6) is 0 Å². The van der Waals surface area contributed by atoms with Gasteiger partial charge in [-0.2, -0.15) is 4.39 Å². The second-order valence-corrected chi connectivity index (χ2v) is 3.66. The van der Waals surface area contributed by atoms with Crippen LogP contribution in [0.3, 0.4) is 0 Å². The maximum absolute atomic E-state index is 13.2. The number of hydrogen-bond donors (Lipinski definition) is 2. The number of aliphatic carboxylic acids is 1. The Hall–Kier alpha value is -2.25. The Kier molecular flexibility index (Phi) is 4.13. The molecule has 0 bridgehead atoms. The van der Waals surface area contributed by atoms with Crippen molar-refractivity contribution >= 4 is 17.3 Å². The van der Waals surface area contributed by atoms with Crippen molar-refractivity contribution in [1.82, 2.24) is 0 Å². The SMILES string of the molecule is CC(CNc1cc(F)cc(F)c1[N+](=O)[O-])C(=O)O. The van der Waals surface area contributed by atoms with Crippen LogP contribution < -0.4 is 5.32 Å². The first-order valence-electron chi connectivity index (χ1n) is 4.93. The number of nitrogens with one attached hydrogen (secondary N) is 1. The van der Waals surface area contributed by atoms with E-state index in [2.05, 4.69) is 5.32 Å². The van der Waals surface area contributed by atoms with E-state index in [-0.39, 0.29) is 12.2 Å². The van der Waals surface area contributed by atoms with Crippen molar-refractivity contribution in [1.29, 1.82) is 0 Å². The number of nitro benzene ring substituents is 1. The second-order valence-electron chi connectivity index (χ2n) is 3.66. The summed E-state index contributed by atoms with van der Waals surface area (Å²) in [7, 11) is 0. The molecule has 0 amide bonds. The van der Waals surface area contributed by atoms with Crippen molar-refractivity contribution in [2.24, 2.45) is 5.92 Å². The molecule has 6 nitrogen and oxygen atoms in total. The van der Waals surface area contributed by atoms with Crippen LogP contribution in [0.1, 0.15) is 6.92 Å². The van der Waals surface area contributed by atoms with Gasteiger partial charge < -0.3 is 10.4 Å². The van der Waals surface area contributed by atoms with Crippen molar-refractivity contribution in [3.05, 3.63) is 33.9 Å². The van der Waals surface area contributed by atoms with Crippen LogP contribution in [0, 0.1) is 27.7 Å². The van der Waals surface area contributed by atoms with E-state index in [4.69, 9.17) is 5.11 Å². The summed E-state index contributed by atoms with van der Waals surface area (Å²) in [6, 6.07) is 1.14. The number of carboxylic acid groups (broad SMARTS) is 1. The highest BCUT2D eigenvalue weighted by molar-refractivity contribution is 5.71. The highest BCUT2D eigenvalue weighted by atomic mass is 19.1. The quantitative estimate of drug-likeness (QED) is 0.624. The number of carboxylic acids is 1. The third kappa shape index (κ3) is 3.12. The minimum Gasteiger partial charge on any atom is -0.481 e. The van der Waals surface area contributed by atoms with Crippen molar-refractivity contribution in [2.45, 2.75) is 6.92 Å². The molecule has 0 aromatic heterocycles. The van der Waals surface area contributed by atoms with Crippen LogP contribution in [0.15, 0.2) is 12.1 Å². The molecule has 0 saturated carbocycles. The first-order chi connectivity index (χ1) is 8.32. The molecule has 0 aliphatic rings. The van der Waals surface area contributed by atoms with Crippen molar-refractivity contribution in [3.8, 4) is 0 Å². The average molecular weight is 260 g/mol. The van der Waals surface area contributed by atoms with Gasteiger partial charge in [0.05, 0.1) is 10.8 Å². The molecule has 1 aromatic rings. The molecule has 2 N–H and O–H groups in total. The zero-order chi connectivity index (χ0) is 13.9. The molecular weight excluding hydrogens is 250 g/mol. The van der Waals surface area contributed by atoms with E-state index in [1.807, 2.05) is 0 Å². The standard InChI is InChI=1S/C10H10F2N2O4/c1-5(10(15)16)4-13-8-3-6(11)2-7(12)9(8)14(17)18/h2-3,5,13H,4H2,1H3,(H,15,16). The summed E-state index contributed by atoms with van der Waals surface area (Å²) in [6.07, 6.45) is 0. The minimum absolute atomic E-state index is 0.181. The smallest absolute Gasteiger partial charge is 0.327 e. The van der Waals surface area contributed by atoms with Crippen LogP contribution in [0.2, 0.25) is 0 Å². The lowest BCUT2D eigenvalue weighted by Crippen LogP contribution is -2.20. The van der Waals surface area contributed by atoms with Gasteiger partial charge in [-0.1, -0.05) is 6.92 Å². The molecule has 1 atom stereocenters. The zero-order valence-electron chi connectivity index (χ0n) is 9.31. The zero-order valence-corrected chi connectivity index (χ0v) is 9.31. The lowest BCUT2D eigenvalue weighted by atomic mass is 10.1. The van der Waals surface area contributed by atoms with Gasteiger partial charge in [0, 0.05) is 18.7 Å². The fraction of sp³-hybridized carbons (Fsp3) is 0.300. The van der Waals surface area contributed by atoms with Gasteiger partial charge in [0.15, 0.2) is 0 Å².